The van der Waals surface area contributed by atoms with Crippen molar-refractivity contribution in [3.8, 4) is 11.5 Å². The molecule has 2 atom stereocenters. The Morgan fingerprint density at radius 3 is 2.51 bits per heavy atom. The average Bonchev–Trinajstić information content (AvgIpc) is 3.50. The van der Waals surface area contributed by atoms with Gasteiger partial charge in [0.15, 0.2) is 0 Å². The number of nitrogens with zero attached hydrogens (tertiary/aromatic N) is 1. The maximum atomic E-state index is 13.3. The number of hydrogen-bond donors (Lipinski definition) is 2. The third-order valence-corrected chi connectivity index (χ3v) is 9.40. The Morgan fingerprint density at radius 1 is 1.05 bits per heavy atom. The SMILES string of the molecule is C=CCOC(=O)N1CSCC1C(=O)NC(CSCC1CCCCC1)C(=O)NCc1ccc(Oc2ccccc2)cc1. The molecule has 10 heteroatoms. The normalized spacial score (nSPS) is 17.9. The number of amides is 3. The molecule has 2 fully saturated rings. The first-order chi connectivity index (χ1) is 20.0. The molecule has 0 spiro atoms. The number of thioether (sulfide) groups is 2. The Bertz CT molecular complexity index is 1140. The Hall–Kier alpha value is -3.11. The molecule has 1 aliphatic carbocycles. The second kappa shape index (κ2) is 16.4. The quantitative estimate of drug-likeness (QED) is 0.291. The fourth-order valence-corrected chi connectivity index (χ4v) is 7.24. The Morgan fingerprint density at radius 2 is 1.78 bits per heavy atom. The fourth-order valence-electron chi connectivity index (χ4n) is 4.82. The fraction of sp³-hybridized carbons (Fsp3) is 0.452. The number of hydrogen-bond acceptors (Lipinski definition) is 7. The van der Waals surface area contributed by atoms with Gasteiger partial charge in [-0.2, -0.15) is 11.8 Å². The molecule has 4 rings (SSSR count). The van der Waals surface area contributed by atoms with Gasteiger partial charge in [0.1, 0.15) is 30.2 Å². The van der Waals surface area contributed by atoms with Crippen molar-refractivity contribution < 1.29 is 23.9 Å². The van der Waals surface area contributed by atoms with Crippen LogP contribution in [-0.2, 0) is 20.9 Å². The largest absolute Gasteiger partial charge is 0.457 e. The average molecular weight is 598 g/mol. The van der Waals surface area contributed by atoms with Crippen LogP contribution in [0.15, 0.2) is 67.3 Å². The third kappa shape index (κ3) is 9.74. The minimum absolute atomic E-state index is 0.0799. The van der Waals surface area contributed by atoms with Gasteiger partial charge >= 0.3 is 6.09 Å². The van der Waals surface area contributed by atoms with E-state index in [0.29, 0.717) is 35.6 Å². The van der Waals surface area contributed by atoms with E-state index in [2.05, 4.69) is 17.2 Å². The number of rotatable bonds is 13. The van der Waals surface area contributed by atoms with Gasteiger partial charge in [0.2, 0.25) is 11.8 Å². The summed E-state index contributed by atoms with van der Waals surface area (Å²) >= 11 is 3.19. The molecule has 2 N–H and O–H groups in total. The van der Waals surface area contributed by atoms with Crippen LogP contribution in [0, 0.1) is 5.92 Å². The summed E-state index contributed by atoms with van der Waals surface area (Å²) in [5, 5.41) is 5.92. The molecule has 0 bridgehead atoms. The molecule has 1 aliphatic heterocycles. The lowest BCUT2D eigenvalue weighted by atomic mass is 9.91. The summed E-state index contributed by atoms with van der Waals surface area (Å²) in [7, 11) is 0. The van der Waals surface area contributed by atoms with E-state index in [0.717, 1.165) is 17.1 Å². The highest BCUT2D eigenvalue weighted by molar-refractivity contribution is 7.99. The van der Waals surface area contributed by atoms with Crippen molar-refractivity contribution in [2.45, 2.75) is 50.7 Å². The molecule has 1 saturated heterocycles. The summed E-state index contributed by atoms with van der Waals surface area (Å²) in [4.78, 5) is 40.5. The number of benzene rings is 2. The third-order valence-electron chi connectivity index (χ3n) is 7.11. The molecular weight excluding hydrogens is 558 g/mol. The monoisotopic (exact) mass is 597 g/mol. The molecule has 0 aromatic heterocycles. The highest BCUT2D eigenvalue weighted by Gasteiger charge is 2.37. The van der Waals surface area contributed by atoms with E-state index in [1.165, 1.54) is 54.8 Å². The maximum Gasteiger partial charge on any atom is 0.411 e. The van der Waals surface area contributed by atoms with Gasteiger partial charge in [0.25, 0.3) is 0 Å². The van der Waals surface area contributed by atoms with Gasteiger partial charge in [-0.05, 0) is 54.3 Å². The second-order valence-electron chi connectivity index (χ2n) is 10.2. The lowest BCUT2D eigenvalue weighted by Crippen LogP contribution is -2.54. The topological polar surface area (TPSA) is 97.0 Å². The minimum Gasteiger partial charge on any atom is -0.457 e. The number of carbonyl (C=O) groups is 3. The molecule has 220 valence electrons. The molecule has 41 heavy (non-hydrogen) atoms. The molecule has 0 radical (unpaired) electrons. The zero-order chi connectivity index (χ0) is 28.9. The summed E-state index contributed by atoms with van der Waals surface area (Å²) in [5.41, 5.74) is 0.919. The number of ether oxygens (including phenoxy) is 2. The van der Waals surface area contributed by atoms with E-state index in [1.54, 1.807) is 11.8 Å². The summed E-state index contributed by atoms with van der Waals surface area (Å²) in [6, 6.07) is 15.7. The van der Waals surface area contributed by atoms with E-state index < -0.39 is 18.2 Å². The smallest absolute Gasteiger partial charge is 0.411 e. The first kappa shape index (κ1) is 30.8. The van der Waals surface area contributed by atoms with Crippen molar-refractivity contribution in [3.05, 3.63) is 72.8 Å². The Balaban J connectivity index is 1.34. The van der Waals surface area contributed by atoms with E-state index in [-0.39, 0.29) is 18.4 Å². The standard InChI is InChI=1S/C31H39N3O5S2/c1-2-17-38-31(37)34-22-41-21-28(34)30(36)33-27(20-40-19-24-9-5-3-6-10-24)29(35)32-18-23-13-15-26(16-14-23)39-25-11-7-4-8-12-25/h2,4,7-8,11-16,24,27-28H,1,3,5-6,9-10,17-22H2,(H,32,35)(H,33,36). The Kier molecular flexibility index (Phi) is 12.3. The van der Waals surface area contributed by atoms with Gasteiger partial charge in [-0.15, -0.1) is 11.8 Å². The van der Waals surface area contributed by atoms with Crippen molar-refractivity contribution in [1.29, 1.82) is 0 Å². The molecule has 8 nitrogen and oxygen atoms in total. The van der Waals surface area contributed by atoms with Crippen LogP contribution in [0.5, 0.6) is 11.5 Å². The van der Waals surface area contributed by atoms with E-state index in [1.807, 2.05) is 54.6 Å². The van der Waals surface area contributed by atoms with Gasteiger partial charge < -0.3 is 20.1 Å². The van der Waals surface area contributed by atoms with Crippen LogP contribution in [0.2, 0.25) is 0 Å². The van der Waals surface area contributed by atoms with E-state index in [4.69, 9.17) is 9.47 Å². The van der Waals surface area contributed by atoms with Crippen LogP contribution in [-0.4, -0.2) is 64.6 Å². The number of para-hydroxylation sites is 1. The molecule has 2 aromatic rings. The van der Waals surface area contributed by atoms with Crippen LogP contribution < -0.4 is 15.4 Å². The number of nitrogens with one attached hydrogen (secondary N) is 2. The Labute approximate surface area is 251 Å². The van der Waals surface area contributed by atoms with Gasteiger partial charge in [-0.25, -0.2) is 4.79 Å². The first-order valence-corrected chi connectivity index (χ1v) is 16.4. The van der Waals surface area contributed by atoms with Crippen LogP contribution >= 0.6 is 23.5 Å². The predicted octanol–water partition coefficient (Wildman–Crippen LogP) is 5.59. The maximum absolute atomic E-state index is 13.3. The zero-order valence-electron chi connectivity index (χ0n) is 23.3. The van der Waals surface area contributed by atoms with Crippen molar-refractivity contribution in [1.82, 2.24) is 15.5 Å². The van der Waals surface area contributed by atoms with Crippen molar-refractivity contribution in [3.63, 3.8) is 0 Å². The highest BCUT2D eigenvalue weighted by Crippen LogP contribution is 2.27. The summed E-state index contributed by atoms with van der Waals surface area (Å²) in [5.74, 6) is 3.80. The van der Waals surface area contributed by atoms with E-state index in [9.17, 15) is 14.4 Å². The van der Waals surface area contributed by atoms with Crippen LogP contribution in [0.1, 0.15) is 37.7 Å². The summed E-state index contributed by atoms with van der Waals surface area (Å²) in [6.45, 7) is 3.96. The van der Waals surface area contributed by atoms with Crippen molar-refractivity contribution in [2.24, 2.45) is 5.92 Å². The van der Waals surface area contributed by atoms with Gasteiger partial charge in [-0.3, -0.25) is 14.5 Å². The lowest BCUT2D eigenvalue weighted by Gasteiger charge is -2.26. The highest BCUT2D eigenvalue weighted by atomic mass is 32.2. The molecule has 2 aliphatic rings. The van der Waals surface area contributed by atoms with Gasteiger partial charge in [-0.1, -0.05) is 62.2 Å². The van der Waals surface area contributed by atoms with Gasteiger partial charge in [0, 0.05) is 18.1 Å². The number of carbonyl (C=O) groups excluding carboxylic acids is 3. The molecule has 2 aromatic carbocycles. The molecule has 2 unspecified atom stereocenters. The summed E-state index contributed by atoms with van der Waals surface area (Å²) in [6.07, 6.45) is 7.21. The van der Waals surface area contributed by atoms with Crippen molar-refractivity contribution >= 4 is 41.4 Å². The minimum atomic E-state index is -0.714. The molecule has 1 saturated carbocycles. The molecule has 3 amide bonds. The molecule has 1 heterocycles. The summed E-state index contributed by atoms with van der Waals surface area (Å²) < 4.78 is 11.0. The van der Waals surface area contributed by atoms with E-state index >= 15 is 0 Å². The molecular formula is C31H39N3O5S2. The second-order valence-corrected chi connectivity index (χ2v) is 12.3. The predicted molar refractivity (Wildman–Crippen MR) is 165 cm³/mol. The van der Waals surface area contributed by atoms with Gasteiger partial charge in [0.05, 0.1) is 5.88 Å². The van der Waals surface area contributed by atoms with Crippen LogP contribution in [0.25, 0.3) is 0 Å². The van der Waals surface area contributed by atoms with Crippen molar-refractivity contribution in [2.75, 3.05) is 29.7 Å². The lowest BCUT2D eigenvalue weighted by molar-refractivity contribution is -0.130. The van der Waals surface area contributed by atoms with Crippen LogP contribution in [0.4, 0.5) is 4.79 Å². The van der Waals surface area contributed by atoms with Crippen LogP contribution in [0.3, 0.4) is 0 Å². The first-order valence-electron chi connectivity index (χ1n) is 14.1. The zero-order valence-corrected chi connectivity index (χ0v) is 24.9.